The Morgan fingerprint density at radius 3 is 2.63 bits per heavy atom. The molecule has 3 heterocycles. The minimum Gasteiger partial charge on any atom is -0.505 e. The van der Waals surface area contributed by atoms with Gasteiger partial charge in [0.15, 0.2) is 17.3 Å². The molecule has 4 rings (SSSR count). The fourth-order valence-corrected chi connectivity index (χ4v) is 4.42. The number of hydrogen-bond acceptors (Lipinski definition) is 7. The molecule has 0 spiro atoms. The van der Waals surface area contributed by atoms with E-state index < -0.39 is 17.7 Å². The number of aromatic nitrogens is 2. The summed E-state index contributed by atoms with van der Waals surface area (Å²) in [5.41, 5.74) is 2.23. The SMILES string of the molecule is CCOc1ccc(C2/C(=C(\O)c3c(C)nc4ccccn34)C(=O)C(=O)N2CCN(C)C)cc1OC. The number of pyridine rings is 1. The highest BCUT2D eigenvalue weighted by Gasteiger charge is 2.46. The van der Waals surface area contributed by atoms with Crippen LogP contribution in [-0.4, -0.2) is 76.9 Å². The van der Waals surface area contributed by atoms with Gasteiger partial charge in [-0.25, -0.2) is 4.98 Å². The smallest absolute Gasteiger partial charge is 0.295 e. The Bertz CT molecular complexity index is 1310. The van der Waals surface area contributed by atoms with Crippen LogP contribution in [0.2, 0.25) is 0 Å². The fraction of sp³-hybridized carbons (Fsp3) is 0.346. The third-order valence-electron chi connectivity index (χ3n) is 6.06. The number of ether oxygens (including phenoxy) is 2. The van der Waals surface area contributed by atoms with Gasteiger partial charge in [0.05, 0.1) is 31.0 Å². The molecule has 0 bridgehead atoms. The number of aryl methyl sites for hydroxylation is 1. The van der Waals surface area contributed by atoms with Crippen LogP contribution in [0.1, 0.15) is 29.9 Å². The van der Waals surface area contributed by atoms with E-state index in [-0.39, 0.29) is 11.3 Å². The summed E-state index contributed by atoms with van der Waals surface area (Å²) in [5.74, 6) is -0.609. The molecule has 1 aliphatic rings. The highest BCUT2D eigenvalue weighted by Crippen LogP contribution is 2.42. The van der Waals surface area contributed by atoms with Gasteiger partial charge in [0, 0.05) is 19.3 Å². The normalized spacial score (nSPS) is 17.5. The van der Waals surface area contributed by atoms with Gasteiger partial charge < -0.3 is 24.4 Å². The number of aliphatic hydroxyl groups is 1. The van der Waals surface area contributed by atoms with E-state index in [1.165, 1.54) is 12.0 Å². The number of hydrogen-bond donors (Lipinski definition) is 1. The van der Waals surface area contributed by atoms with Crippen molar-refractivity contribution >= 4 is 23.1 Å². The molecule has 35 heavy (non-hydrogen) atoms. The van der Waals surface area contributed by atoms with E-state index in [0.717, 1.165) is 0 Å². The number of benzene rings is 1. The number of carbonyl (C=O) groups is 2. The van der Waals surface area contributed by atoms with Gasteiger partial charge in [0.1, 0.15) is 11.3 Å². The Morgan fingerprint density at radius 2 is 1.94 bits per heavy atom. The third kappa shape index (κ3) is 4.35. The van der Waals surface area contributed by atoms with Crippen molar-refractivity contribution in [2.45, 2.75) is 19.9 Å². The van der Waals surface area contributed by atoms with E-state index in [1.807, 2.05) is 44.1 Å². The zero-order chi connectivity index (χ0) is 25.3. The minimum absolute atomic E-state index is 0.0220. The van der Waals surface area contributed by atoms with Crippen LogP contribution in [0, 0.1) is 6.92 Å². The van der Waals surface area contributed by atoms with Gasteiger partial charge in [0.2, 0.25) is 0 Å². The van der Waals surface area contributed by atoms with Gasteiger partial charge in [-0.1, -0.05) is 12.1 Å². The molecule has 0 aliphatic carbocycles. The number of fused-ring (bicyclic) bond motifs is 1. The number of rotatable bonds is 8. The Hall–Kier alpha value is -3.85. The van der Waals surface area contributed by atoms with Crippen LogP contribution < -0.4 is 9.47 Å². The molecule has 2 aromatic heterocycles. The summed E-state index contributed by atoms with van der Waals surface area (Å²) < 4.78 is 12.9. The van der Waals surface area contributed by atoms with Crippen molar-refractivity contribution in [2.75, 3.05) is 40.9 Å². The Labute approximate surface area is 204 Å². The largest absolute Gasteiger partial charge is 0.505 e. The van der Waals surface area contributed by atoms with Crippen molar-refractivity contribution in [1.82, 2.24) is 19.2 Å². The van der Waals surface area contributed by atoms with Gasteiger partial charge in [-0.05, 0) is 57.8 Å². The Balaban J connectivity index is 1.93. The number of methoxy groups -OCH3 is 1. The van der Waals surface area contributed by atoms with E-state index in [4.69, 9.17) is 9.47 Å². The van der Waals surface area contributed by atoms with Crippen LogP contribution in [0.4, 0.5) is 0 Å². The summed E-state index contributed by atoms with van der Waals surface area (Å²) in [6.45, 7) is 4.96. The Morgan fingerprint density at radius 1 is 1.17 bits per heavy atom. The van der Waals surface area contributed by atoms with Crippen molar-refractivity contribution in [2.24, 2.45) is 0 Å². The maximum Gasteiger partial charge on any atom is 0.295 e. The van der Waals surface area contributed by atoms with Gasteiger partial charge in [-0.15, -0.1) is 0 Å². The second kappa shape index (κ2) is 9.79. The lowest BCUT2D eigenvalue weighted by Gasteiger charge is -2.27. The number of amides is 1. The average molecular weight is 479 g/mol. The summed E-state index contributed by atoms with van der Waals surface area (Å²) >= 11 is 0. The molecule has 1 N–H and O–H groups in total. The van der Waals surface area contributed by atoms with E-state index in [1.54, 1.807) is 35.7 Å². The van der Waals surface area contributed by atoms with E-state index in [0.29, 0.717) is 53.8 Å². The lowest BCUT2D eigenvalue weighted by atomic mass is 9.96. The van der Waals surface area contributed by atoms with E-state index >= 15 is 0 Å². The Kier molecular flexibility index (Phi) is 6.79. The topological polar surface area (TPSA) is 96.6 Å². The second-order valence-corrected chi connectivity index (χ2v) is 8.61. The van der Waals surface area contributed by atoms with E-state index in [2.05, 4.69) is 4.98 Å². The van der Waals surface area contributed by atoms with E-state index in [9.17, 15) is 14.7 Å². The lowest BCUT2D eigenvalue weighted by Crippen LogP contribution is -2.35. The monoisotopic (exact) mass is 478 g/mol. The molecule has 1 amide bonds. The molecule has 0 saturated carbocycles. The van der Waals surface area contributed by atoms with Crippen LogP contribution in [0.15, 0.2) is 48.2 Å². The molecular weight excluding hydrogens is 448 g/mol. The minimum atomic E-state index is -0.798. The van der Waals surface area contributed by atoms with Gasteiger partial charge >= 0.3 is 0 Å². The van der Waals surface area contributed by atoms with Crippen molar-refractivity contribution in [3.05, 3.63) is 65.1 Å². The summed E-state index contributed by atoms with van der Waals surface area (Å²) in [7, 11) is 5.33. The summed E-state index contributed by atoms with van der Waals surface area (Å²) in [4.78, 5) is 34.5. The third-order valence-corrected chi connectivity index (χ3v) is 6.06. The standard InChI is InChI=1S/C26H30N4O5/c1-6-35-18-11-10-17(15-19(18)34-5)23-21(25(32)26(33)30(23)14-13-28(3)4)24(31)22-16(2)27-20-9-7-8-12-29(20)22/h7-12,15,23,31H,6,13-14H2,1-5H3/b24-21+. The molecular formula is C26H30N4O5. The molecule has 184 valence electrons. The first kappa shape index (κ1) is 24.3. The van der Waals surface area contributed by atoms with Crippen LogP contribution in [0.5, 0.6) is 11.5 Å². The molecule has 1 aliphatic heterocycles. The van der Waals surface area contributed by atoms with Crippen molar-refractivity contribution in [1.29, 1.82) is 0 Å². The highest BCUT2D eigenvalue weighted by molar-refractivity contribution is 6.46. The number of carbonyl (C=O) groups excluding carboxylic acids is 2. The first-order chi connectivity index (χ1) is 16.8. The van der Waals surface area contributed by atoms with Crippen LogP contribution in [0.3, 0.4) is 0 Å². The predicted molar refractivity (Wildman–Crippen MR) is 132 cm³/mol. The number of Topliss-reactive ketones (excluding diaryl/α,β-unsaturated/α-hetero) is 1. The van der Waals surface area contributed by atoms with Crippen LogP contribution >= 0.6 is 0 Å². The fourth-order valence-electron chi connectivity index (χ4n) is 4.42. The molecule has 1 atom stereocenters. The summed E-state index contributed by atoms with van der Waals surface area (Å²) in [6, 6.07) is 9.97. The van der Waals surface area contributed by atoms with Crippen LogP contribution in [0.25, 0.3) is 11.4 Å². The quantitative estimate of drug-likeness (QED) is 0.302. The molecule has 1 fully saturated rings. The number of aliphatic hydroxyl groups excluding tert-OH is 1. The van der Waals surface area contributed by atoms with Crippen molar-refractivity contribution in [3.63, 3.8) is 0 Å². The second-order valence-electron chi connectivity index (χ2n) is 8.61. The number of nitrogens with zero attached hydrogens (tertiary/aromatic N) is 4. The maximum atomic E-state index is 13.3. The highest BCUT2D eigenvalue weighted by atomic mass is 16.5. The lowest BCUT2D eigenvalue weighted by molar-refractivity contribution is -0.140. The average Bonchev–Trinajstić information content (AvgIpc) is 3.30. The number of likely N-dealkylation sites (N-methyl/N-ethyl adjacent to an activating group) is 1. The molecule has 1 saturated heterocycles. The predicted octanol–water partition coefficient (Wildman–Crippen LogP) is 3.03. The first-order valence-electron chi connectivity index (χ1n) is 11.5. The van der Waals surface area contributed by atoms with Gasteiger partial charge in [-0.2, -0.15) is 0 Å². The van der Waals surface area contributed by atoms with Crippen LogP contribution in [-0.2, 0) is 9.59 Å². The number of ketones is 1. The first-order valence-corrected chi connectivity index (χ1v) is 11.5. The summed E-state index contributed by atoms with van der Waals surface area (Å²) in [5, 5.41) is 11.5. The molecule has 9 heteroatoms. The molecule has 1 aromatic carbocycles. The maximum absolute atomic E-state index is 13.3. The molecule has 9 nitrogen and oxygen atoms in total. The summed E-state index contributed by atoms with van der Waals surface area (Å²) in [6.07, 6.45) is 1.77. The zero-order valence-electron chi connectivity index (χ0n) is 20.6. The van der Waals surface area contributed by atoms with Crippen molar-refractivity contribution < 1.29 is 24.2 Å². The van der Waals surface area contributed by atoms with Gasteiger partial charge in [-0.3, -0.25) is 14.0 Å². The number of imidazole rings is 1. The zero-order valence-corrected chi connectivity index (χ0v) is 20.6. The molecule has 0 radical (unpaired) electrons. The molecule has 1 unspecified atom stereocenters. The van der Waals surface area contributed by atoms with Gasteiger partial charge in [0.25, 0.3) is 11.7 Å². The number of likely N-dealkylation sites (tertiary alicyclic amines) is 1. The van der Waals surface area contributed by atoms with Crippen molar-refractivity contribution in [3.8, 4) is 11.5 Å². The molecule has 3 aromatic rings.